The first-order valence-corrected chi connectivity index (χ1v) is 7.29. The lowest BCUT2D eigenvalue weighted by molar-refractivity contribution is 0.340. The minimum absolute atomic E-state index is 0.686. The van der Waals surface area contributed by atoms with Gasteiger partial charge < -0.3 is 10.1 Å². The van der Waals surface area contributed by atoms with Gasteiger partial charge >= 0.3 is 0 Å². The monoisotopic (exact) mass is 273 g/mol. The SMILES string of the molecule is CCOc1cccc(NCc2cc(CC)nn2CC)c1. The average molecular weight is 273 g/mol. The summed E-state index contributed by atoms with van der Waals surface area (Å²) in [5.74, 6) is 0.899. The lowest BCUT2D eigenvalue weighted by Gasteiger charge is -2.09. The summed E-state index contributed by atoms with van der Waals surface area (Å²) < 4.78 is 7.56. The van der Waals surface area contributed by atoms with Crippen LogP contribution in [-0.4, -0.2) is 16.4 Å². The summed E-state index contributed by atoms with van der Waals surface area (Å²) in [6.07, 6.45) is 0.972. The fourth-order valence-electron chi connectivity index (χ4n) is 2.16. The van der Waals surface area contributed by atoms with Crippen molar-refractivity contribution < 1.29 is 4.74 Å². The minimum Gasteiger partial charge on any atom is -0.494 e. The van der Waals surface area contributed by atoms with Crippen LogP contribution in [0.15, 0.2) is 30.3 Å². The van der Waals surface area contributed by atoms with E-state index in [1.807, 2.05) is 25.1 Å². The largest absolute Gasteiger partial charge is 0.494 e. The van der Waals surface area contributed by atoms with E-state index in [1.165, 1.54) is 5.69 Å². The molecule has 2 rings (SSSR count). The highest BCUT2D eigenvalue weighted by atomic mass is 16.5. The summed E-state index contributed by atoms with van der Waals surface area (Å²) in [5.41, 5.74) is 3.43. The second-order valence-corrected chi connectivity index (χ2v) is 4.61. The van der Waals surface area contributed by atoms with Crippen LogP contribution in [0.1, 0.15) is 32.2 Å². The molecule has 0 unspecified atom stereocenters. The van der Waals surface area contributed by atoms with Crippen molar-refractivity contribution in [3.8, 4) is 5.75 Å². The minimum atomic E-state index is 0.686. The number of aryl methyl sites for hydroxylation is 2. The molecule has 0 aliphatic rings. The van der Waals surface area contributed by atoms with Crippen LogP contribution in [0.4, 0.5) is 5.69 Å². The molecule has 108 valence electrons. The van der Waals surface area contributed by atoms with Crippen LogP contribution < -0.4 is 10.1 Å². The number of rotatable bonds is 7. The summed E-state index contributed by atoms with van der Waals surface area (Å²) in [6, 6.07) is 10.2. The molecular weight excluding hydrogens is 250 g/mol. The van der Waals surface area contributed by atoms with E-state index in [1.54, 1.807) is 0 Å². The molecule has 20 heavy (non-hydrogen) atoms. The molecule has 0 saturated heterocycles. The number of aromatic nitrogens is 2. The molecule has 0 atom stereocenters. The Kier molecular flexibility index (Phi) is 5.04. The zero-order valence-electron chi connectivity index (χ0n) is 12.5. The zero-order valence-corrected chi connectivity index (χ0v) is 12.5. The fraction of sp³-hybridized carbons (Fsp3) is 0.438. The number of nitrogens with one attached hydrogen (secondary N) is 1. The highest BCUT2D eigenvalue weighted by molar-refractivity contribution is 5.48. The van der Waals surface area contributed by atoms with Gasteiger partial charge in [0, 0.05) is 18.3 Å². The zero-order chi connectivity index (χ0) is 14.4. The van der Waals surface area contributed by atoms with Crippen molar-refractivity contribution in [1.29, 1.82) is 0 Å². The number of anilines is 1. The van der Waals surface area contributed by atoms with Gasteiger partial charge in [-0.1, -0.05) is 13.0 Å². The van der Waals surface area contributed by atoms with Gasteiger partial charge in [0.25, 0.3) is 0 Å². The van der Waals surface area contributed by atoms with Crippen LogP contribution in [0.25, 0.3) is 0 Å². The average Bonchev–Trinajstić information content (AvgIpc) is 2.88. The molecule has 0 radical (unpaired) electrons. The Balaban J connectivity index is 2.04. The third-order valence-electron chi connectivity index (χ3n) is 3.19. The molecule has 0 fully saturated rings. The van der Waals surface area contributed by atoms with Crippen LogP contribution in [0.2, 0.25) is 0 Å². The standard InChI is InChI=1S/C16H23N3O/c1-4-13-10-15(19(5-2)18-13)12-17-14-8-7-9-16(11-14)20-6-3/h7-11,17H,4-6,12H2,1-3H3. The highest BCUT2D eigenvalue weighted by Gasteiger charge is 2.05. The molecule has 0 aliphatic carbocycles. The highest BCUT2D eigenvalue weighted by Crippen LogP contribution is 2.18. The molecule has 1 N–H and O–H groups in total. The van der Waals surface area contributed by atoms with Gasteiger partial charge in [-0.2, -0.15) is 5.10 Å². The lowest BCUT2D eigenvalue weighted by atomic mass is 10.2. The molecule has 4 heteroatoms. The van der Waals surface area contributed by atoms with Crippen molar-refractivity contribution in [1.82, 2.24) is 9.78 Å². The van der Waals surface area contributed by atoms with Gasteiger partial charge in [0.05, 0.1) is 24.5 Å². The molecular formula is C16H23N3O. The number of benzene rings is 1. The van der Waals surface area contributed by atoms with E-state index in [0.29, 0.717) is 6.61 Å². The number of ether oxygens (including phenoxy) is 1. The maximum Gasteiger partial charge on any atom is 0.121 e. The molecule has 0 spiro atoms. The van der Waals surface area contributed by atoms with Gasteiger partial charge in [0.2, 0.25) is 0 Å². The number of nitrogens with zero attached hydrogens (tertiary/aromatic N) is 2. The van der Waals surface area contributed by atoms with E-state index in [2.05, 4.69) is 41.1 Å². The van der Waals surface area contributed by atoms with Crippen molar-refractivity contribution in [3.05, 3.63) is 41.7 Å². The Hall–Kier alpha value is -1.97. The van der Waals surface area contributed by atoms with Gasteiger partial charge in [-0.05, 0) is 38.5 Å². The molecule has 1 aromatic carbocycles. The van der Waals surface area contributed by atoms with Crippen molar-refractivity contribution in [3.63, 3.8) is 0 Å². The first-order valence-electron chi connectivity index (χ1n) is 7.29. The van der Waals surface area contributed by atoms with E-state index >= 15 is 0 Å². The maximum absolute atomic E-state index is 5.51. The fourth-order valence-corrected chi connectivity index (χ4v) is 2.16. The molecule has 0 bridgehead atoms. The summed E-state index contributed by atoms with van der Waals surface area (Å²) in [5, 5.41) is 7.99. The summed E-state index contributed by atoms with van der Waals surface area (Å²) >= 11 is 0. The van der Waals surface area contributed by atoms with E-state index < -0.39 is 0 Å². The Bertz CT molecular complexity index is 548. The smallest absolute Gasteiger partial charge is 0.121 e. The second kappa shape index (κ2) is 6.98. The third kappa shape index (κ3) is 3.53. The molecule has 0 saturated carbocycles. The predicted molar refractivity (Wildman–Crippen MR) is 82.2 cm³/mol. The van der Waals surface area contributed by atoms with Crippen LogP contribution in [0, 0.1) is 0 Å². The van der Waals surface area contributed by atoms with Crippen LogP contribution >= 0.6 is 0 Å². The van der Waals surface area contributed by atoms with Crippen LogP contribution in [0.3, 0.4) is 0 Å². The Morgan fingerprint density at radius 1 is 1.20 bits per heavy atom. The van der Waals surface area contributed by atoms with Crippen molar-refractivity contribution in [2.45, 2.75) is 40.3 Å². The maximum atomic E-state index is 5.51. The number of hydrogen-bond donors (Lipinski definition) is 1. The second-order valence-electron chi connectivity index (χ2n) is 4.61. The molecule has 2 aromatic rings. The van der Waals surface area contributed by atoms with Crippen molar-refractivity contribution in [2.75, 3.05) is 11.9 Å². The van der Waals surface area contributed by atoms with Gasteiger partial charge in [-0.3, -0.25) is 4.68 Å². The Morgan fingerprint density at radius 3 is 2.75 bits per heavy atom. The molecule has 0 aliphatic heterocycles. The summed E-state index contributed by atoms with van der Waals surface area (Å²) in [4.78, 5) is 0. The normalized spacial score (nSPS) is 10.6. The van der Waals surface area contributed by atoms with Crippen LogP contribution in [0.5, 0.6) is 5.75 Å². The summed E-state index contributed by atoms with van der Waals surface area (Å²) in [7, 11) is 0. The molecule has 4 nitrogen and oxygen atoms in total. The van der Waals surface area contributed by atoms with Gasteiger partial charge in [0.1, 0.15) is 5.75 Å². The first-order chi connectivity index (χ1) is 9.76. The van der Waals surface area contributed by atoms with Gasteiger partial charge in [-0.25, -0.2) is 0 Å². The van der Waals surface area contributed by atoms with Gasteiger partial charge in [0.15, 0.2) is 0 Å². The van der Waals surface area contributed by atoms with E-state index in [9.17, 15) is 0 Å². The van der Waals surface area contributed by atoms with E-state index in [-0.39, 0.29) is 0 Å². The predicted octanol–water partition coefficient (Wildman–Crippen LogP) is 3.48. The quantitative estimate of drug-likeness (QED) is 0.839. The van der Waals surface area contributed by atoms with Crippen molar-refractivity contribution in [2.24, 2.45) is 0 Å². The molecule has 0 amide bonds. The van der Waals surface area contributed by atoms with Crippen LogP contribution in [-0.2, 0) is 19.5 Å². The molecule has 1 aromatic heterocycles. The Morgan fingerprint density at radius 2 is 2.05 bits per heavy atom. The first kappa shape index (κ1) is 14.4. The van der Waals surface area contributed by atoms with Crippen molar-refractivity contribution >= 4 is 5.69 Å². The van der Waals surface area contributed by atoms with Gasteiger partial charge in [-0.15, -0.1) is 0 Å². The van der Waals surface area contributed by atoms with E-state index in [4.69, 9.17) is 4.74 Å². The Labute approximate surface area is 120 Å². The summed E-state index contributed by atoms with van der Waals surface area (Å²) in [6.45, 7) is 8.60. The number of hydrogen-bond acceptors (Lipinski definition) is 3. The topological polar surface area (TPSA) is 39.1 Å². The molecule has 1 heterocycles. The van der Waals surface area contributed by atoms with E-state index in [0.717, 1.165) is 36.6 Å². The lowest BCUT2D eigenvalue weighted by Crippen LogP contribution is -2.08. The third-order valence-corrected chi connectivity index (χ3v) is 3.19.